The predicted octanol–water partition coefficient (Wildman–Crippen LogP) is 4.79. The van der Waals surface area contributed by atoms with E-state index in [2.05, 4.69) is 9.03 Å². The number of alkyl halides is 3. The van der Waals surface area contributed by atoms with Crippen LogP contribution < -0.4 is 4.18 Å². The summed E-state index contributed by atoms with van der Waals surface area (Å²) >= 11 is 5.81. The van der Waals surface area contributed by atoms with Gasteiger partial charge in [-0.2, -0.15) is 21.6 Å². The first-order valence-corrected chi connectivity index (χ1v) is 7.71. The molecule has 0 amide bonds. The Labute approximate surface area is 135 Å². The van der Waals surface area contributed by atoms with Crippen LogP contribution in [0.15, 0.2) is 42.5 Å². The predicted molar refractivity (Wildman–Crippen MR) is 78.8 cm³/mol. The van der Waals surface area contributed by atoms with Gasteiger partial charge in [-0.3, -0.25) is 0 Å². The minimum absolute atomic E-state index is 0.0239. The molecule has 0 heterocycles. The number of halogens is 4. The number of hydrogen-bond donors (Lipinski definition) is 0. The molecule has 0 radical (unpaired) electrons. The number of rotatable bonds is 3. The molecule has 0 fully saturated rings. The third-order valence-corrected chi connectivity index (χ3v) is 3.91. The van der Waals surface area contributed by atoms with Crippen LogP contribution in [-0.4, -0.2) is 13.9 Å². The highest BCUT2D eigenvalue weighted by molar-refractivity contribution is 7.88. The van der Waals surface area contributed by atoms with Crippen LogP contribution in [0.5, 0.6) is 5.75 Å². The molecule has 0 aliphatic heterocycles. The zero-order valence-corrected chi connectivity index (χ0v) is 12.7. The van der Waals surface area contributed by atoms with Gasteiger partial charge in [-0.1, -0.05) is 29.8 Å². The van der Waals surface area contributed by atoms with E-state index in [4.69, 9.17) is 18.2 Å². The van der Waals surface area contributed by atoms with E-state index >= 15 is 0 Å². The lowest BCUT2D eigenvalue weighted by Gasteiger charge is -2.13. The molecule has 2 aromatic rings. The van der Waals surface area contributed by atoms with Crippen LogP contribution in [0.2, 0.25) is 5.02 Å². The SMILES string of the molecule is [C-]#[N+]c1cccc(-c2cc(Cl)ccc2OS(=O)(=O)C(F)(F)F)c1. The summed E-state index contributed by atoms with van der Waals surface area (Å²) in [6, 6.07) is 9.35. The van der Waals surface area contributed by atoms with Crippen LogP contribution >= 0.6 is 11.6 Å². The third-order valence-electron chi connectivity index (χ3n) is 2.71. The summed E-state index contributed by atoms with van der Waals surface area (Å²) in [6.07, 6.45) is 0. The Hall–Kier alpha value is -2.24. The lowest BCUT2D eigenvalue weighted by molar-refractivity contribution is -0.0499. The van der Waals surface area contributed by atoms with Crippen molar-refractivity contribution in [2.75, 3.05) is 0 Å². The molecule has 0 bridgehead atoms. The Bertz CT molecular complexity index is 889. The van der Waals surface area contributed by atoms with E-state index in [1.807, 2.05) is 0 Å². The Morgan fingerprint density at radius 1 is 1.13 bits per heavy atom. The molecule has 2 rings (SSSR count). The molecule has 4 nitrogen and oxygen atoms in total. The highest BCUT2D eigenvalue weighted by Gasteiger charge is 2.48. The van der Waals surface area contributed by atoms with Crippen molar-refractivity contribution in [3.8, 4) is 16.9 Å². The normalized spacial score (nSPS) is 11.8. The first-order valence-electron chi connectivity index (χ1n) is 5.92. The lowest BCUT2D eigenvalue weighted by atomic mass is 10.0. The van der Waals surface area contributed by atoms with Gasteiger partial charge in [0.25, 0.3) is 0 Å². The van der Waals surface area contributed by atoms with E-state index in [1.54, 1.807) is 0 Å². The number of benzene rings is 2. The summed E-state index contributed by atoms with van der Waals surface area (Å²) in [5.74, 6) is -0.533. The molecule has 0 N–H and O–H groups in total. The summed E-state index contributed by atoms with van der Waals surface area (Å²) < 4.78 is 64.0. The molecule has 0 saturated heterocycles. The van der Waals surface area contributed by atoms with Gasteiger partial charge in [-0.25, -0.2) is 4.85 Å². The molecular weight excluding hydrogens is 355 g/mol. The Balaban J connectivity index is 2.57. The summed E-state index contributed by atoms with van der Waals surface area (Å²) in [5.41, 5.74) is -5.00. The molecule has 0 aliphatic carbocycles. The summed E-state index contributed by atoms with van der Waals surface area (Å²) in [5, 5.41) is 0.171. The van der Waals surface area contributed by atoms with Crippen molar-refractivity contribution in [1.29, 1.82) is 0 Å². The first-order chi connectivity index (χ1) is 10.6. The molecule has 23 heavy (non-hydrogen) atoms. The zero-order valence-electron chi connectivity index (χ0n) is 11.1. The second kappa shape index (κ2) is 6.10. The van der Waals surface area contributed by atoms with Gasteiger partial charge in [-0.05, 0) is 29.8 Å². The highest BCUT2D eigenvalue weighted by atomic mass is 35.5. The molecule has 0 spiro atoms. The van der Waals surface area contributed by atoms with Gasteiger partial charge >= 0.3 is 15.6 Å². The fourth-order valence-electron chi connectivity index (χ4n) is 1.71. The maximum Gasteiger partial charge on any atom is 0.534 e. The van der Waals surface area contributed by atoms with E-state index in [0.29, 0.717) is 5.56 Å². The van der Waals surface area contributed by atoms with Crippen LogP contribution in [0.3, 0.4) is 0 Å². The fraction of sp³-hybridized carbons (Fsp3) is 0.0714. The smallest absolute Gasteiger partial charge is 0.375 e. The van der Waals surface area contributed by atoms with E-state index in [1.165, 1.54) is 36.4 Å². The van der Waals surface area contributed by atoms with Crippen molar-refractivity contribution >= 4 is 27.4 Å². The van der Waals surface area contributed by atoms with Gasteiger partial charge in [-0.15, -0.1) is 0 Å². The van der Waals surface area contributed by atoms with E-state index < -0.39 is 21.4 Å². The molecule has 0 unspecified atom stereocenters. The largest absolute Gasteiger partial charge is 0.534 e. The van der Waals surface area contributed by atoms with Crippen LogP contribution in [0.4, 0.5) is 18.9 Å². The van der Waals surface area contributed by atoms with E-state index in [-0.39, 0.29) is 16.3 Å². The van der Waals surface area contributed by atoms with Gasteiger partial charge in [0.1, 0.15) is 0 Å². The monoisotopic (exact) mass is 361 g/mol. The van der Waals surface area contributed by atoms with Crippen LogP contribution in [0.1, 0.15) is 0 Å². The molecule has 120 valence electrons. The topological polar surface area (TPSA) is 47.7 Å². The Kier molecular flexibility index (Phi) is 4.54. The standard InChI is InChI=1S/C14H7ClF3NO3S/c1-19-11-4-2-3-9(7-11)12-8-10(15)5-6-13(12)22-23(20,21)14(16,17)18/h2-8H. The van der Waals surface area contributed by atoms with Crippen molar-refractivity contribution in [1.82, 2.24) is 0 Å². The van der Waals surface area contributed by atoms with Crippen molar-refractivity contribution in [3.63, 3.8) is 0 Å². The number of nitrogens with zero attached hydrogens (tertiary/aromatic N) is 1. The van der Waals surface area contributed by atoms with Crippen molar-refractivity contribution in [2.45, 2.75) is 5.51 Å². The second-order valence-electron chi connectivity index (χ2n) is 4.29. The first kappa shape index (κ1) is 17.1. The minimum atomic E-state index is -5.81. The van der Waals surface area contributed by atoms with Crippen LogP contribution in [0, 0.1) is 6.57 Å². The highest BCUT2D eigenvalue weighted by Crippen LogP contribution is 2.37. The summed E-state index contributed by atoms with van der Waals surface area (Å²) in [7, 11) is -5.81. The van der Waals surface area contributed by atoms with Crippen molar-refractivity contribution in [2.24, 2.45) is 0 Å². The maximum absolute atomic E-state index is 12.5. The molecule has 0 aliphatic rings. The molecule has 0 atom stereocenters. The molecule has 2 aromatic carbocycles. The summed E-state index contributed by atoms with van der Waals surface area (Å²) in [4.78, 5) is 3.20. The lowest BCUT2D eigenvalue weighted by Crippen LogP contribution is -2.28. The summed E-state index contributed by atoms with van der Waals surface area (Å²) in [6.45, 7) is 6.95. The van der Waals surface area contributed by atoms with Crippen LogP contribution in [0.25, 0.3) is 16.0 Å². The second-order valence-corrected chi connectivity index (χ2v) is 6.26. The van der Waals surface area contributed by atoms with Gasteiger partial charge in [0.2, 0.25) is 0 Å². The number of hydrogen-bond acceptors (Lipinski definition) is 3. The van der Waals surface area contributed by atoms with Crippen LogP contribution in [-0.2, 0) is 10.1 Å². The van der Waals surface area contributed by atoms with Gasteiger partial charge in [0.05, 0.1) is 6.57 Å². The Morgan fingerprint density at radius 3 is 2.43 bits per heavy atom. The molecule has 0 saturated carbocycles. The van der Waals surface area contributed by atoms with Gasteiger partial charge < -0.3 is 4.18 Å². The molecular formula is C14H7ClF3NO3S. The molecule has 9 heteroatoms. The Morgan fingerprint density at radius 2 is 1.83 bits per heavy atom. The van der Waals surface area contributed by atoms with E-state index in [0.717, 1.165) is 6.07 Å². The quantitative estimate of drug-likeness (QED) is 0.449. The van der Waals surface area contributed by atoms with Crippen molar-refractivity contribution < 1.29 is 25.8 Å². The van der Waals surface area contributed by atoms with Crippen molar-refractivity contribution in [3.05, 3.63) is 58.9 Å². The fourth-order valence-corrected chi connectivity index (χ4v) is 2.36. The average Bonchev–Trinajstić information content (AvgIpc) is 2.48. The molecule has 0 aromatic heterocycles. The minimum Gasteiger partial charge on any atom is -0.375 e. The maximum atomic E-state index is 12.5. The zero-order chi connectivity index (χ0) is 17.3. The third kappa shape index (κ3) is 3.75. The van der Waals surface area contributed by atoms with Gasteiger partial charge in [0, 0.05) is 10.6 Å². The average molecular weight is 362 g/mol. The van der Waals surface area contributed by atoms with Gasteiger partial charge in [0.15, 0.2) is 11.4 Å². The van der Waals surface area contributed by atoms with E-state index in [9.17, 15) is 21.6 Å².